The second-order valence-electron chi connectivity index (χ2n) is 10.3. The SMILES string of the molecule is CN(C)c1ccc(-c2ccc(CN(C(=O)C3CCCCC3)c3cccc(CNc4ncco4)c3)cc2)cc1. The Morgan fingerprint density at radius 1 is 0.895 bits per heavy atom. The van der Waals surface area contributed by atoms with Crippen LogP contribution in [0, 0.1) is 5.92 Å². The number of aromatic nitrogens is 1. The first kappa shape index (κ1) is 25.6. The molecule has 4 aromatic rings. The molecule has 38 heavy (non-hydrogen) atoms. The minimum Gasteiger partial charge on any atom is -0.432 e. The van der Waals surface area contributed by atoms with Gasteiger partial charge in [0.2, 0.25) is 5.91 Å². The first-order valence-electron chi connectivity index (χ1n) is 13.5. The molecule has 1 saturated carbocycles. The van der Waals surface area contributed by atoms with E-state index in [9.17, 15) is 4.79 Å². The van der Waals surface area contributed by atoms with Crippen molar-refractivity contribution in [3.8, 4) is 11.1 Å². The van der Waals surface area contributed by atoms with E-state index in [-0.39, 0.29) is 11.8 Å². The van der Waals surface area contributed by atoms with Crippen LogP contribution < -0.4 is 15.1 Å². The molecule has 0 radical (unpaired) electrons. The largest absolute Gasteiger partial charge is 0.432 e. The van der Waals surface area contributed by atoms with E-state index in [0.29, 0.717) is 19.1 Å². The van der Waals surface area contributed by atoms with Crippen LogP contribution in [0.1, 0.15) is 43.2 Å². The number of oxazole rings is 1. The van der Waals surface area contributed by atoms with Crippen LogP contribution in [0.25, 0.3) is 11.1 Å². The van der Waals surface area contributed by atoms with E-state index >= 15 is 0 Å². The standard InChI is InChI=1S/C32H36N4O2/c1-35(2)29-17-15-27(16-18-29)26-13-11-24(12-14-26)23-36(31(37)28-8-4-3-5-9-28)30-10-6-7-25(21-30)22-34-32-33-19-20-38-32/h6-7,10-21,28H,3-5,8-9,22-23H2,1-2H3,(H,33,34). The third-order valence-electron chi connectivity index (χ3n) is 7.33. The molecule has 0 bridgehead atoms. The smallest absolute Gasteiger partial charge is 0.294 e. The van der Waals surface area contributed by atoms with Crippen molar-refractivity contribution in [1.29, 1.82) is 0 Å². The van der Waals surface area contributed by atoms with Crippen molar-refractivity contribution in [2.45, 2.75) is 45.2 Å². The van der Waals surface area contributed by atoms with Crippen LogP contribution in [0.2, 0.25) is 0 Å². The Morgan fingerprint density at radius 3 is 2.26 bits per heavy atom. The predicted octanol–water partition coefficient (Wildman–Crippen LogP) is 7.13. The summed E-state index contributed by atoms with van der Waals surface area (Å²) >= 11 is 0. The molecular formula is C32H36N4O2. The van der Waals surface area contributed by atoms with Gasteiger partial charge in [-0.1, -0.05) is 67.8 Å². The minimum atomic E-state index is 0.0901. The van der Waals surface area contributed by atoms with Gasteiger partial charge in [0.25, 0.3) is 6.01 Å². The summed E-state index contributed by atoms with van der Waals surface area (Å²) in [6.45, 7) is 1.12. The van der Waals surface area contributed by atoms with E-state index in [1.165, 1.54) is 23.2 Å². The van der Waals surface area contributed by atoms with E-state index in [2.05, 4.69) is 75.9 Å². The molecule has 0 unspecified atom stereocenters. The molecule has 1 aliphatic rings. The van der Waals surface area contributed by atoms with Gasteiger partial charge < -0.3 is 19.5 Å². The highest BCUT2D eigenvalue weighted by Gasteiger charge is 2.27. The molecule has 0 aliphatic heterocycles. The van der Waals surface area contributed by atoms with Crippen LogP contribution in [0.5, 0.6) is 0 Å². The normalized spacial score (nSPS) is 13.7. The van der Waals surface area contributed by atoms with E-state index in [1.54, 1.807) is 12.5 Å². The minimum absolute atomic E-state index is 0.0901. The van der Waals surface area contributed by atoms with Crippen molar-refractivity contribution < 1.29 is 9.21 Å². The Kier molecular flexibility index (Phi) is 8.07. The number of carbonyl (C=O) groups is 1. The lowest BCUT2D eigenvalue weighted by atomic mass is 9.88. The van der Waals surface area contributed by atoms with Crippen molar-refractivity contribution in [2.24, 2.45) is 5.92 Å². The summed E-state index contributed by atoms with van der Waals surface area (Å²) in [5.41, 5.74) is 6.65. The van der Waals surface area contributed by atoms with Crippen LogP contribution in [0.3, 0.4) is 0 Å². The van der Waals surface area contributed by atoms with Crippen molar-refractivity contribution in [3.63, 3.8) is 0 Å². The fourth-order valence-electron chi connectivity index (χ4n) is 5.13. The number of rotatable bonds is 9. The average molecular weight is 509 g/mol. The van der Waals surface area contributed by atoms with Gasteiger partial charge in [-0.3, -0.25) is 4.79 Å². The number of nitrogens with one attached hydrogen (secondary N) is 1. The maximum absolute atomic E-state index is 13.8. The van der Waals surface area contributed by atoms with Crippen molar-refractivity contribution >= 4 is 23.3 Å². The number of anilines is 3. The highest BCUT2D eigenvalue weighted by atomic mass is 16.4. The number of hydrogen-bond acceptors (Lipinski definition) is 5. The maximum Gasteiger partial charge on any atom is 0.294 e. The van der Waals surface area contributed by atoms with Crippen molar-refractivity contribution in [2.75, 3.05) is 29.2 Å². The lowest BCUT2D eigenvalue weighted by Crippen LogP contribution is -2.36. The predicted molar refractivity (Wildman–Crippen MR) is 154 cm³/mol. The highest BCUT2D eigenvalue weighted by molar-refractivity contribution is 5.95. The van der Waals surface area contributed by atoms with Gasteiger partial charge in [0.1, 0.15) is 6.26 Å². The van der Waals surface area contributed by atoms with Crippen molar-refractivity contribution in [1.82, 2.24) is 4.98 Å². The molecular weight excluding hydrogens is 472 g/mol. The molecule has 1 aromatic heterocycles. The van der Waals surface area contributed by atoms with Crippen molar-refractivity contribution in [3.05, 3.63) is 96.4 Å². The zero-order valence-corrected chi connectivity index (χ0v) is 22.3. The number of hydrogen-bond donors (Lipinski definition) is 1. The summed E-state index contributed by atoms with van der Waals surface area (Å²) < 4.78 is 5.30. The Morgan fingerprint density at radius 2 is 1.61 bits per heavy atom. The lowest BCUT2D eigenvalue weighted by Gasteiger charge is -2.30. The van der Waals surface area contributed by atoms with Crippen LogP contribution in [0.15, 0.2) is 89.7 Å². The molecule has 196 valence electrons. The summed E-state index contributed by atoms with van der Waals surface area (Å²) in [5, 5.41) is 3.20. The second kappa shape index (κ2) is 12.0. The molecule has 1 aliphatic carbocycles. The van der Waals surface area contributed by atoms with Gasteiger partial charge in [0.15, 0.2) is 0 Å². The van der Waals surface area contributed by atoms with E-state index in [4.69, 9.17) is 4.42 Å². The zero-order valence-electron chi connectivity index (χ0n) is 22.3. The van der Waals surface area contributed by atoms with Gasteiger partial charge in [-0.15, -0.1) is 0 Å². The van der Waals surface area contributed by atoms with E-state index in [0.717, 1.165) is 42.5 Å². The molecule has 1 fully saturated rings. The summed E-state index contributed by atoms with van der Waals surface area (Å²) in [6, 6.07) is 25.9. The number of nitrogens with zero attached hydrogens (tertiary/aromatic N) is 3. The number of carbonyl (C=O) groups excluding carboxylic acids is 1. The van der Waals surface area contributed by atoms with E-state index in [1.807, 2.05) is 31.1 Å². The fraction of sp³-hybridized carbons (Fsp3) is 0.312. The molecule has 0 atom stereocenters. The Bertz CT molecular complexity index is 1310. The third-order valence-corrected chi connectivity index (χ3v) is 7.33. The van der Waals surface area contributed by atoms with Gasteiger partial charge in [-0.2, -0.15) is 0 Å². The maximum atomic E-state index is 13.8. The average Bonchev–Trinajstić information content (AvgIpc) is 3.49. The zero-order chi connectivity index (χ0) is 26.3. The molecule has 6 nitrogen and oxygen atoms in total. The van der Waals surface area contributed by atoms with Crippen LogP contribution in [-0.2, 0) is 17.9 Å². The van der Waals surface area contributed by atoms with E-state index < -0.39 is 0 Å². The van der Waals surface area contributed by atoms with Crippen LogP contribution in [0.4, 0.5) is 17.4 Å². The highest BCUT2D eigenvalue weighted by Crippen LogP contribution is 2.30. The summed E-state index contributed by atoms with van der Waals surface area (Å²) in [4.78, 5) is 22.0. The molecule has 0 spiro atoms. The molecule has 1 N–H and O–H groups in total. The number of amides is 1. The Hall–Kier alpha value is -4.06. The van der Waals surface area contributed by atoms with Gasteiger partial charge in [0.05, 0.1) is 12.7 Å². The fourth-order valence-corrected chi connectivity index (χ4v) is 5.13. The molecule has 5 rings (SSSR count). The Labute approximate surface area is 225 Å². The summed E-state index contributed by atoms with van der Waals surface area (Å²) in [6.07, 6.45) is 8.60. The summed E-state index contributed by atoms with van der Waals surface area (Å²) in [5.74, 6) is 0.318. The van der Waals surface area contributed by atoms with Crippen LogP contribution in [-0.4, -0.2) is 25.0 Å². The molecule has 0 saturated heterocycles. The Balaban J connectivity index is 1.36. The first-order chi connectivity index (χ1) is 18.6. The van der Waals surface area contributed by atoms with Gasteiger partial charge >= 0.3 is 0 Å². The molecule has 6 heteroatoms. The van der Waals surface area contributed by atoms with Crippen LogP contribution >= 0.6 is 0 Å². The van der Waals surface area contributed by atoms with Gasteiger partial charge in [-0.25, -0.2) is 4.98 Å². The van der Waals surface area contributed by atoms with Gasteiger partial charge in [0, 0.05) is 37.9 Å². The first-order valence-corrected chi connectivity index (χ1v) is 13.5. The quantitative estimate of drug-likeness (QED) is 0.260. The molecule has 3 aromatic carbocycles. The summed E-state index contributed by atoms with van der Waals surface area (Å²) in [7, 11) is 4.10. The third kappa shape index (κ3) is 6.25. The molecule has 1 amide bonds. The monoisotopic (exact) mass is 508 g/mol. The van der Waals surface area contributed by atoms with Gasteiger partial charge in [-0.05, 0) is 59.4 Å². The second-order valence-corrected chi connectivity index (χ2v) is 10.3. The topological polar surface area (TPSA) is 61.6 Å². The number of benzene rings is 3. The lowest BCUT2D eigenvalue weighted by molar-refractivity contribution is -0.123. The molecule has 1 heterocycles.